The van der Waals surface area contributed by atoms with Gasteiger partial charge in [0, 0.05) is 19.0 Å². The molecule has 7 nitrogen and oxygen atoms in total. The first-order chi connectivity index (χ1) is 11.1. The fourth-order valence-corrected chi connectivity index (χ4v) is 5.17. The minimum absolute atomic E-state index is 0.0326. The minimum Gasteiger partial charge on any atom is -0.467 e. The van der Waals surface area contributed by atoms with Gasteiger partial charge in [0.25, 0.3) is 0 Å². The third-order valence-electron chi connectivity index (χ3n) is 4.75. The Morgan fingerprint density at radius 2 is 2.22 bits per heavy atom. The smallest absolute Gasteiger partial charge is 0.216 e. The predicted molar refractivity (Wildman–Crippen MR) is 80.3 cm³/mol. The fraction of sp³-hybridized carbons (Fsp3) is 0.733. The van der Waals surface area contributed by atoms with E-state index in [2.05, 4.69) is 0 Å². The molecule has 3 fully saturated rings. The van der Waals surface area contributed by atoms with E-state index < -0.39 is 10.0 Å². The first-order valence-corrected chi connectivity index (χ1v) is 9.59. The molecule has 4 heterocycles. The van der Waals surface area contributed by atoms with E-state index in [9.17, 15) is 8.42 Å². The van der Waals surface area contributed by atoms with Crippen LogP contribution in [0.25, 0.3) is 0 Å². The molecule has 0 radical (unpaired) electrons. The van der Waals surface area contributed by atoms with Crippen molar-refractivity contribution in [1.29, 1.82) is 0 Å². The van der Waals surface area contributed by atoms with Crippen LogP contribution in [0.5, 0.6) is 0 Å². The molecular weight excluding hydrogens is 322 g/mol. The van der Waals surface area contributed by atoms with Gasteiger partial charge in [-0.2, -0.15) is 4.31 Å². The Balaban J connectivity index is 1.40. The second-order valence-corrected chi connectivity index (χ2v) is 8.35. The van der Waals surface area contributed by atoms with E-state index in [1.807, 2.05) is 6.07 Å². The summed E-state index contributed by atoms with van der Waals surface area (Å²) in [6.07, 6.45) is 1.82. The Morgan fingerprint density at radius 3 is 3.00 bits per heavy atom. The van der Waals surface area contributed by atoms with Gasteiger partial charge < -0.3 is 18.6 Å². The van der Waals surface area contributed by atoms with E-state index in [-0.39, 0.29) is 24.1 Å². The first kappa shape index (κ1) is 15.6. The van der Waals surface area contributed by atoms with Crippen molar-refractivity contribution in [3.63, 3.8) is 0 Å². The van der Waals surface area contributed by atoms with Crippen molar-refractivity contribution in [3.8, 4) is 0 Å². The molecule has 1 aromatic heterocycles. The van der Waals surface area contributed by atoms with Gasteiger partial charge in [-0.25, -0.2) is 8.42 Å². The molecule has 0 saturated carbocycles. The second-order valence-electron chi connectivity index (χ2n) is 6.34. The van der Waals surface area contributed by atoms with Gasteiger partial charge in [0.15, 0.2) is 0 Å². The molecule has 3 saturated heterocycles. The van der Waals surface area contributed by atoms with Crippen molar-refractivity contribution in [2.45, 2.75) is 24.7 Å². The van der Waals surface area contributed by atoms with Crippen LogP contribution in [-0.2, 0) is 24.2 Å². The van der Waals surface area contributed by atoms with Gasteiger partial charge in [-0.3, -0.25) is 0 Å². The van der Waals surface area contributed by atoms with Crippen molar-refractivity contribution in [2.24, 2.45) is 5.92 Å². The number of ether oxygens (including phenoxy) is 3. The number of furan rings is 1. The van der Waals surface area contributed by atoms with Crippen molar-refractivity contribution in [1.82, 2.24) is 4.31 Å². The van der Waals surface area contributed by atoms with Crippen LogP contribution in [0.15, 0.2) is 22.8 Å². The van der Waals surface area contributed by atoms with E-state index in [1.165, 1.54) is 4.31 Å². The summed E-state index contributed by atoms with van der Waals surface area (Å²) in [6.45, 7) is 2.30. The highest BCUT2D eigenvalue weighted by Crippen LogP contribution is 2.33. The maximum Gasteiger partial charge on any atom is 0.216 e. The van der Waals surface area contributed by atoms with E-state index in [4.69, 9.17) is 18.6 Å². The summed E-state index contributed by atoms with van der Waals surface area (Å²) in [6, 6.07) is 3.58. The Hall–Kier alpha value is -0.930. The normalized spacial score (nSPS) is 35.5. The van der Waals surface area contributed by atoms with Crippen molar-refractivity contribution < 1.29 is 27.0 Å². The summed E-state index contributed by atoms with van der Waals surface area (Å²) in [5.41, 5.74) is 0. The highest BCUT2D eigenvalue weighted by molar-refractivity contribution is 7.89. The molecule has 0 aliphatic carbocycles. The summed E-state index contributed by atoms with van der Waals surface area (Å²) in [5, 5.41) is 0. The van der Waals surface area contributed by atoms with E-state index in [0.717, 1.165) is 6.42 Å². The molecule has 3 aliphatic heterocycles. The highest BCUT2D eigenvalue weighted by Gasteiger charge is 2.42. The number of fused-ring (bicyclic) bond motifs is 1. The molecule has 4 atom stereocenters. The van der Waals surface area contributed by atoms with Gasteiger partial charge in [-0.15, -0.1) is 0 Å². The molecule has 0 aromatic carbocycles. The lowest BCUT2D eigenvalue weighted by atomic mass is 10.0. The van der Waals surface area contributed by atoms with Crippen LogP contribution >= 0.6 is 0 Å². The van der Waals surface area contributed by atoms with E-state index in [0.29, 0.717) is 44.6 Å². The van der Waals surface area contributed by atoms with Crippen molar-refractivity contribution in [3.05, 3.63) is 24.2 Å². The summed E-state index contributed by atoms with van der Waals surface area (Å²) in [5.74, 6) is 1.04. The lowest BCUT2D eigenvalue weighted by Gasteiger charge is -2.31. The van der Waals surface area contributed by atoms with Gasteiger partial charge in [-0.1, -0.05) is 0 Å². The summed E-state index contributed by atoms with van der Waals surface area (Å²) >= 11 is 0. The van der Waals surface area contributed by atoms with Crippen LogP contribution in [0, 0.1) is 5.92 Å². The predicted octanol–water partition coefficient (Wildman–Crippen LogP) is 0.787. The summed E-state index contributed by atoms with van der Waals surface area (Å²) < 4.78 is 49.1. The molecule has 1 aromatic rings. The monoisotopic (exact) mass is 343 g/mol. The Kier molecular flexibility index (Phi) is 4.19. The zero-order chi connectivity index (χ0) is 15.9. The van der Waals surface area contributed by atoms with Crippen molar-refractivity contribution in [2.75, 3.05) is 38.7 Å². The van der Waals surface area contributed by atoms with Gasteiger partial charge in [0.05, 0.1) is 44.0 Å². The quantitative estimate of drug-likeness (QED) is 0.804. The van der Waals surface area contributed by atoms with Crippen LogP contribution in [0.2, 0.25) is 0 Å². The van der Waals surface area contributed by atoms with Crippen LogP contribution in [0.1, 0.15) is 18.3 Å². The third kappa shape index (κ3) is 3.18. The topological polar surface area (TPSA) is 78.2 Å². The number of nitrogens with zero attached hydrogens (tertiary/aromatic N) is 1. The molecule has 8 heteroatoms. The van der Waals surface area contributed by atoms with Gasteiger partial charge >= 0.3 is 0 Å². The lowest BCUT2D eigenvalue weighted by molar-refractivity contribution is -0.0150. The maximum absolute atomic E-state index is 12.7. The third-order valence-corrected chi connectivity index (χ3v) is 6.66. The molecule has 3 aliphatic rings. The SMILES string of the molecule is O=S(=O)(C[C@@H]1C[C@H]2COC[C@@H]2O1)N1CCOC(c2ccco2)C1. The molecule has 23 heavy (non-hydrogen) atoms. The van der Waals surface area contributed by atoms with Crippen LogP contribution in [0.3, 0.4) is 0 Å². The lowest BCUT2D eigenvalue weighted by Crippen LogP contribution is -2.44. The van der Waals surface area contributed by atoms with E-state index >= 15 is 0 Å². The summed E-state index contributed by atoms with van der Waals surface area (Å²) in [7, 11) is -3.38. The molecule has 1 unspecified atom stereocenters. The standard InChI is InChI=1S/C15H21NO6S/c17-23(18,10-12-6-11-8-19-9-15(11)22-12)16-3-5-21-14(7-16)13-2-1-4-20-13/h1-2,4,11-12,14-15H,3,5-10H2/t11-,12-,14?,15-/m0/s1. The molecule has 4 rings (SSSR count). The second kappa shape index (κ2) is 6.18. The number of hydrogen-bond acceptors (Lipinski definition) is 6. The zero-order valence-electron chi connectivity index (χ0n) is 12.8. The number of morpholine rings is 1. The number of sulfonamides is 1. The molecule has 128 valence electrons. The van der Waals surface area contributed by atoms with Crippen molar-refractivity contribution >= 4 is 10.0 Å². The van der Waals surface area contributed by atoms with Crippen LogP contribution in [0.4, 0.5) is 0 Å². The van der Waals surface area contributed by atoms with E-state index in [1.54, 1.807) is 12.3 Å². The zero-order valence-corrected chi connectivity index (χ0v) is 13.6. The Labute approximate surface area is 135 Å². The molecule has 0 spiro atoms. The number of rotatable bonds is 4. The largest absolute Gasteiger partial charge is 0.467 e. The molecule has 0 amide bonds. The Bertz CT molecular complexity index is 618. The average Bonchev–Trinajstić information content (AvgIpc) is 3.23. The summed E-state index contributed by atoms with van der Waals surface area (Å²) in [4.78, 5) is 0. The first-order valence-electron chi connectivity index (χ1n) is 7.98. The average molecular weight is 343 g/mol. The number of hydrogen-bond donors (Lipinski definition) is 0. The molecular formula is C15H21NO6S. The van der Waals surface area contributed by atoms with Crippen LogP contribution in [-0.4, -0.2) is 63.6 Å². The van der Waals surface area contributed by atoms with Gasteiger partial charge in [-0.05, 0) is 18.6 Å². The van der Waals surface area contributed by atoms with Gasteiger partial charge in [0.2, 0.25) is 10.0 Å². The molecule has 0 bridgehead atoms. The van der Waals surface area contributed by atoms with Gasteiger partial charge in [0.1, 0.15) is 11.9 Å². The van der Waals surface area contributed by atoms with Crippen LogP contribution < -0.4 is 0 Å². The fourth-order valence-electron chi connectivity index (χ4n) is 3.56. The molecule has 0 N–H and O–H groups in total. The maximum atomic E-state index is 12.7. The highest BCUT2D eigenvalue weighted by atomic mass is 32.2. The minimum atomic E-state index is -3.38. The Morgan fingerprint density at radius 1 is 1.30 bits per heavy atom.